The van der Waals surface area contributed by atoms with Gasteiger partial charge in [-0.05, 0) is 118 Å². The van der Waals surface area contributed by atoms with Crippen molar-refractivity contribution in [2.24, 2.45) is 0 Å². The van der Waals surface area contributed by atoms with Crippen molar-refractivity contribution in [3.63, 3.8) is 0 Å². The van der Waals surface area contributed by atoms with Gasteiger partial charge in [0.25, 0.3) is 0 Å². The summed E-state index contributed by atoms with van der Waals surface area (Å²) in [6, 6.07) is 22.2. The van der Waals surface area contributed by atoms with Crippen LogP contribution in [0.25, 0.3) is 55.3 Å². The molecule has 2 heterocycles. The maximum atomic E-state index is 4.32. The third-order valence-corrected chi connectivity index (χ3v) is 7.36. The van der Waals surface area contributed by atoms with Crippen molar-refractivity contribution in [1.29, 1.82) is 0 Å². The average molecular weight is 493 g/mol. The van der Waals surface area contributed by atoms with Crippen LogP contribution in [0.3, 0.4) is 0 Å². The average Bonchev–Trinajstić information content (AvgIpc) is 2.93. The van der Waals surface area contributed by atoms with Gasteiger partial charge in [0.15, 0.2) is 0 Å². The minimum absolute atomic E-state index is 0.995. The molecule has 0 spiro atoms. The van der Waals surface area contributed by atoms with Crippen molar-refractivity contribution < 1.29 is 0 Å². The number of hydrogen-bond donors (Lipinski definition) is 0. The van der Waals surface area contributed by atoms with Crippen molar-refractivity contribution in [3.05, 3.63) is 120 Å². The highest BCUT2D eigenvalue weighted by Crippen LogP contribution is 2.44. The van der Waals surface area contributed by atoms with Crippen LogP contribution in [0.4, 0.5) is 0 Å². The fraction of sp³-hybridized carbons (Fsp3) is 0.118. The number of hydrogen-bond acceptors (Lipinski definition) is 4. The minimum Gasteiger partial charge on any atom is -0.244 e. The SMILES string of the molecule is Cc1cccc(C)c1-c1cc(-c2cncnc2)cc2c(-c3c(C)cccc3C)cc(-c3cncnc3)cc12. The van der Waals surface area contributed by atoms with E-state index in [9.17, 15) is 0 Å². The number of aromatic nitrogens is 4. The zero-order valence-electron chi connectivity index (χ0n) is 22.0. The van der Waals surface area contributed by atoms with E-state index < -0.39 is 0 Å². The second-order valence-corrected chi connectivity index (χ2v) is 9.93. The van der Waals surface area contributed by atoms with Crippen LogP contribution < -0.4 is 0 Å². The van der Waals surface area contributed by atoms with E-state index in [2.05, 4.69) is 108 Å². The van der Waals surface area contributed by atoms with Crippen LogP contribution in [0.15, 0.2) is 98.1 Å². The molecule has 6 aromatic rings. The molecule has 4 nitrogen and oxygen atoms in total. The van der Waals surface area contributed by atoms with E-state index in [1.54, 1.807) is 12.7 Å². The summed E-state index contributed by atoms with van der Waals surface area (Å²) in [5, 5.41) is 2.39. The molecule has 38 heavy (non-hydrogen) atoms. The summed E-state index contributed by atoms with van der Waals surface area (Å²) in [6.45, 7) is 8.75. The molecule has 0 bridgehead atoms. The monoisotopic (exact) mass is 492 g/mol. The zero-order chi connectivity index (χ0) is 26.2. The van der Waals surface area contributed by atoms with Crippen molar-refractivity contribution in [1.82, 2.24) is 19.9 Å². The number of nitrogens with zero attached hydrogens (tertiary/aromatic N) is 4. The molecule has 0 unspecified atom stereocenters. The molecule has 184 valence electrons. The Balaban J connectivity index is 1.81. The van der Waals surface area contributed by atoms with Gasteiger partial charge in [0.05, 0.1) is 0 Å². The highest BCUT2D eigenvalue weighted by atomic mass is 14.8. The lowest BCUT2D eigenvalue weighted by molar-refractivity contribution is 1.17. The molecule has 0 aliphatic heterocycles. The molecule has 0 N–H and O–H groups in total. The lowest BCUT2D eigenvalue weighted by Crippen LogP contribution is -1.96. The normalized spacial score (nSPS) is 11.2. The Bertz CT molecular complexity index is 1620. The van der Waals surface area contributed by atoms with Crippen LogP contribution in [0, 0.1) is 27.7 Å². The molecule has 0 saturated heterocycles. The lowest BCUT2D eigenvalue weighted by atomic mass is 9.84. The molecule has 4 heteroatoms. The summed E-state index contributed by atoms with van der Waals surface area (Å²) in [6.07, 6.45) is 10.7. The van der Waals surface area contributed by atoms with Crippen LogP contribution >= 0.6 is 0 Å². The predicted molar refractivity (Wildman–Crippen MR) is 156 cm³/mol. The summed E-state index contributed by atoms with van der Waals surface area (Å²) in [7, 11) is 0. The molecule has 0 atom stereocenters. The minimum atomic E-state index is 0.995. The molecular weight excluding hydrogens is 464 g/mol. The van der Waals surface area contributed by atoms with Crippen molar-refractivity contribution in [2.75, 3.05) is 0 Å². The van der Waals surface area contributed by atoms with Gasteiger partial charge < -0.3 is 0 Å². The highest BCUT2D eigenvalue weighted by molar-refractivity contribution is 6.10. The predicted octanol–water partition coefficient (Wildman–Crippen LogP) is 8.32. The molecule has 0 radical (unpaired) electrons. The van der Waals surface area contributed by atoms with Gasteiger partial charge in [-0.1, -0.05) is 36.4 Å². The fourth-order valence-corrected chi connectivity index (χ4v) is 5.58. The maximum absolute atomic E-state index is 4.32. The Morgan fingerprint density at radius 1 is 0.421 bits per heavy atom. The molecular formula is C34H28N4. The van der Waals surface area contributed by atoms with E-state index in [0.29, 0.717) is 0 Å². The fourth-order valence-electron chi connectivity index (χ4n) is 5.58. The van der Waals surface area contributed by atoms with Crippen LogP contribution in [0.5, 0.6) is 0 Å². The first-order valence-electron chi connectivity index (χ1n) is 12.8. The van der Waals surface area contributed by atoms with Gasteiger partial charge in [0.1, 0.15) is 12.7 Å². The van der Waals surface area contributed by atoms with E-state index in [1.807, 2.05) is 24.8 Å². The first-order chi connectivity index (χ1) is 18.5. The number of fused-ring (bicyclic) bond motifs is 1. The maximum Gasteiger partial charge on any atom is 0.115 e. The Morgan fingerprint density at radius 2 is 0.763 bits per heavy atom. The van der Waals surface area contributed by atoms with Crippen LogP contribution in [0.2, 0.25) is 0 Å². The molecule has 4 aromatic carbocycles. The Morgan fingerprint density at radius 3 is 1.11 bits per heavy atom. The Kier molecular flexibility index (Phi) is 6.01. The number of rotatable bonds is 4. The first kappa shape index (κ1) is 23.7. The molecule has 0 saturated carbocycles. The Labute approximate surface area is 223 Å². The third kappa shape index (κ3) is 4.14. The van der Waals surface area contributed by atoms with E-state index in [1.165, 1.54) is 55.3 Å². The van der Waals surface area contributed by atoms with E-state index >= 15 is 0 Å². The van der Waals surface area contributed by atoms with Crippen LogP contribution in [-0.4, -0.2) is 19.9 Å². The van der Waals surface area contributed by atoms with Gasteiger partial charge in [0.2, 0.25) is 0 Å². The standard InChI is InChI=1S/C34H28N4/c1-21-7-5-8-22(2)33(21)31-13-25(27-15-35-19-36-16-27)12-30-29(31)11-26(28-17-37-20-38-18-28)14-32(30)34-23(3)9-6-10-24(34)4/h5-20H,1-4H3. The third-order valence-electron chi connectivity index (χ3n) is 7.36. The second-order valence-electron chi connectivity index (χ2n) is 9.93. The van der Waals surface area contributed by atoms with Gasteiger partial charge in [-0.25, -0.2) is 19.9 Å². The smallest absolute Gasteiger partial charge is 0.115 e. The summed E-state index contributed by atoms with van der Waals surface area (Å²) in [4.78, 5) is 17.3. The van der Waals surface area contributed by atoms with Crippen LogP contribution in [0.1, 0.15) is 22.3 Å². The van der Waals surface area contributed by atoms with Gasteiger partial charge in [0, 0.05) is 35.9 Å². The second kappa shape index (κ2) is 9.64. The largest absolute Gasteiger partial charge is 0.244 e. The van der Waals surface area contributed by atoms with E-state index in [-0.39, 0.29) is 0 Å². The zero-order valence-corrected chi connectivity index (χ0v) is 22.0. The molecule has 2 aromatic heterocycles. The quantitative estimate of drug-likeness (QED) is 0.248. The van der Waals surface area contributed by atoms with Crippen molar-refractivity contribution >= 4 is 10.8 Å². The topological polar surface area (TPSA) is 51.6 Å². The van der Waals surface area contributed by atoms with Crippen LogP contribution in [-0.2, 0) is 0 Å². The van der Waals surface area contributed by atoms with Crippen molar-refractivity contribution in [2.45, 2.75) is 27.7 Å². The first-order valence-corrected chi connectivity index (χ1v) is 12.8. The molecule has 6 rings (SSSR count). The van der Waals surface area contributed by atoms with Crippen molar-refractivity contribution in [3.8, 4) is 44.5 Å². The summed E-state index contributed by atoms with van der Waals surface area (Å²) in [5.41, 5.74) is 14.1. The van der Waals surface area contributed by atoms with E-state index in [0.717, 1.165) is 22.3 Å². The molecule has 0 aliphatic carbocycles. The summed E-state index contributed by atoms with van der Waals surface area (Å²) < 4.78 is 0. The Hall–Kier alpha value is -4.70. The molecule has 0 fully saturated rings. The lowest BCUT2D eigenvalue weighted by Gasteiger charge is -2.20. The molecule has 0 amide bonds. The van der Waals surface area contributed by atoms with E-state index in [4.69, 9.17) is 0 Å². The highest BCUT2D eigenvalue weighted by Gasteiger charge is 2.18. The summed E-state index contributed by atoms with van der Waals surface area (Å²) >= 11 is 0. The summed E-state index contributed by atoms with van der Waals surface area (Å²) in [5.74, 6) is 0. The van der Waals surface area contributed by atoms with Gasteiger partial charge in [-0.3, -0.25) is 0 Å². The number of aryl methyl sites for hydroxylation is 4. The van der Waals surface area contributed by atoms with Gasteiger partial charge in [-0.2, -0.15) is 0 Å². The van der Waals surface area contributed by atoms with Gasteiger partial charge in [-0.15, -0.1) is 0 Å². The van der Waals surface area contributed by atoms with Gasteiger partial charge >= 0.3 is 0 Å². The molecule has 0 aliphatic rings. The number of benzene rings is 4.